The Morgan fingerprint density at radius 3 is 3.13 bits per heavy atom. The minimum atomic E-state index is 0.249. The van der Waals surface area contributed by atoms with Gasteiger partial charge in [0.2, 0.25) is 0 Å². The van der Waals surface area contributed by atoms with Gasteiger partial charge in [0, 0.05) is 12.5 Å². The van der Waals surface area contributed by atoms with Gasteiger partial charge in [-0.05, 0) is 31.9 Å². The molecule has 1 heterocycles. The second-order valence-corrected chi connectivity index (χ2v) is 4.07. The van der Waals surface area contributed by atoms with Gasteiger partial charge >= 0.3 is 0 Å². The molecule has 0 aliphatic heterocycles. The van der Waals surface area contributed by atoms with E-state index in [1.165, 1.54) is 12.8 Å². The van der Waals surface area contributed by atoms with Crippen LogP contribution >= 0.6 is 0 Å². The van der Waals surface area contributed by atoms with E-state index in [9.17, 15) is 0 Å². The van der Waals surface area contributed by atoms with Crippen LogP contribution in [0.5, 0.6) is 0 Å². The third-order valence-electron chi connectivity index (χ3n) is 2.35. The summed E-state index contributed by atoms with van der Waals surface area (Å²) >= 11 is 0. The number of rotatable bonds is 4. The van der Waals surface area contributed by atoms with Crippen molar-refractivity contribution in [1.29, 1.82) is 0 Å². The molecule has 0 saturated heterocycles. The van der Waals surface area contributed by atoms with Gasteiger partial charge in [0.05, 0.1) is 12.3 Å². The molecule has 4 nitrogen and oxygen atoms in total. The van der Waals surface area contributed by atoms with Crippen LogP contribution in [0.3, 0.4) is 0 Å². The lowest BCUT2D eigenvalue weighted by atomic mass is 10.2. The lowest BCUT2D eigenvalue weighted by Crippen LogP contribution is -2.39. The number of hydrogen-bond donors (Lipinski definition) is 2. The Bertz CT molecular complexity index is 328. The van der Waals surface area contributed by atoms with Crippen LogP contribution in [0.4, 0.5) is 0 Å². The highest BCUT2D eigenvalue weighted by Gasteiger charge is 2.20. The summed E-state index contributed by atoms with van der Waals surface area (Å²) in [4.78, 5) is 4.31. The Hall–Kier alpha value is -1.45. The van der Waals surface area contributed by atoms with Crippen LogP contribution in [0.15, 0.2) is 27.8 Å². The van der Waals surface area contributed by atoms with Crippen LogP contribution in [0.1, 0.15) is 25.5 Å². The van der Waals surface area contributed by atoms with Crippen molar-refractivity contribution in [3.05, 3.63) is 24.2 Å². The molecular weight excluding hydrogens is 190 g/mol. The SMILES string of the molecule is CC(Cc1ccco1)NC(N)=NC1CC1. The van der Waals surface area contributed by atoms with Gasteiger partial charge in [-0.25, -0.2) is 0 Å². The average Bonchev–Trinajstić information content (AvgIpc) is 2.80. The van der Waals surface area contributed by atoms with Crippen molar-refractivity contribution in [3.63, 3.8) is 0 Å². The molecule has 1 aliphatic rings. The topological polar surface area (TPSA) is 63.5 Å². The first kappa shape index (κ1) is 10.1. The van der Waals surface area contributed by atoms with Crippen LogP contribution < -0.4 is 11.1 Å². The Kier molecular flexibility index (Phi) is 2.94. The molecule has 1 saturated carbocycles. The van der Waals surface area contributed by atoms with Crippen molar-refractivity contribution in [2.45, 2.75) is 38.3 Å². The van der Waals surface area contributed by atoms with E-state index in [0.29, 0.717) is 12.0 Å². The number of nitrogens with two attached hydrogens (primary N) is 1. The molecule has 0 spiro atoms. The van der Waals surface area contributed by atoms with E-state index in [0.717, 1.165) is 12.2 Å². The summed E-state index contributed by atoms with van der Waals surface area (Å²) in [5, 5.41) is 3.16. The number of nitrogens with one attached hydrogen (secondary N) is 1. The second-order valence-electron chi connectivity index (χ2n) is 4.07. The van der Waals surface area contributed by atoms with E-state index in [2.05, 4.69) is 17.2 Å². The lowest BCUT2D eigenvalue weighted by Gasteiger charge is -2.12. The molecular formula is C11H17N3O. The van der Waals surface area contributed by atoms with Crippen LogP contribution in [0.25, 0.3) is 0 Å². The Labute approximate surface area is 89.6 Å². The van der Waals surface area contributed by atoms with Crippen LogP contribution in [0, 0.1) is 0 Å². The maximum Gasteiger partial charge on any atom is 0.189 e. The first-order valence-corrected chi connectivity index (χ1v) is 5.36. The maximum atomic E-state index is 5.75. The average molecular weight is 207 g/mol. The van der Waals surface area contributed by atoms with Gasteiger partial charge in [-0.1, -0.05) is 0 Å². The smallest absolute Gasteiger partial charge is 0.189 e. The van der Waals surface area contributed by atoms with Crippen molar-refractivity contribution in [2.24, 2.45) is 10.7 Å². The molecule has 1 fully saturated rings. The van der Waals surface area contributed by atoms with Crippen LogP contribution in [-0.2, 0) is 6.42 Å². The first-order chi connectivity index (χ1) is 7.24. The van der Waals surface area contributed by atoms with E-state index in [4.69, 9.17) is 10.2 Å². The molecule has 15 heavy (non-hydrogen) atoms. The summed E-state index contributed by atoms with van der Waals surface area (Å²) in [6, 6.07) is 4.57. The zero-order valence-electron chi connectivity index (χ0n) is 8.94. The predicted octanol–water partition coefficient (Wildman–Crippen LogP) is 1.28. The van der Waals surface area contributed by atoms with E-state index in [1.807, 2.05) is 12.1 Å². The molecule has 0 bridgehead atoms. The fourth-order valence-electron chi connectivity index (χ4n) is 1.47. The number of nitrogens with zero attached hydrogens (tertiary/aromatic N) is 1. The van der Waals surface area contributed by atoms with Gasteiger partial charge < -0.3 is 15.5 Å². The van der Waals surface area contributed by atoms with E-state index in [-0.39, 0.29) is 6.04 Å². The van der Waals surface area contributed by atoms with Gasteiger partial charge in [-0.2, -0.15) is 0 Å². The second kappa shape index (κ2) is 4.38. The zero-order valence-corrected chi connectivity index (χ0v) is 8.94. The van der Waals surface area contributed by atoms with Crippen LogP contribution in [-0.4, -0.2) is 18.0 Å². The largest absolute Gasteiger partial charge is 0.469 e. The van der Waals surface area contributed by atoms with E-state index in [1.54, 1.807) is 6.26 Å². The first-order valence-electron chi connectivity index (χ1n) is 5.36. The summed E-state index contributed by atoms with van der Waals surface area (Å²) in [7, 11) is 0. The molecule has 0 aromatic carbocycles. The van der Waals surface area contributed by atoms with Gasteiger partial charge in [0.15, 0.2) is 5.96 Å². The molecule has 1 aromatic rings. The summed E-state index contributed by atoms with van der Waals surface area (Å²) < 4.78 is 5.26. The molecule has 82 valence electrons. The Balaban J connectivity index is 1.78. The van der Waals surface area contributed by atoms with Crippen molar-refractivity contribution in [1.82, 2.24) is 5.32 Å². The van der Waals surface area contributed by atoms with Gasteiger partial charge in [0.1, 0.15) is 5.76 Å². The summed E-state index contributed by atoms with van der Waals surface area (Å²) in [5.74, 6) is 1.52. The molecule has 2 rings (SSSR count). The molecule has 1 atom stereocenters. The summed E-state index contributed by atoms with van der Waals surface area (Å²) in [6.07, 6.45) is 4.86. The van der Waals surface area contributed by atoms with Gasteiger partial charge in [0.25, 0.3) is 0 Å². The molecule has 1 aliphatic carbocycles. The third kappa shape index (κ3) is 3.31. The number of guanidine groups is 1. The third-order valence-corrected chi connectivity index (χ3v) is 2.35. The monoisotopic (exact) mass is 207 g/mol. The fourth-order valence-corrected chi connectivity index (χ4v) is 1.47. The normalized spacial score (nSPS) is 18.9. The minimum Gasteiger partial charge on any atom is -0.469 e. The van der Waals surface area contributed by atoms with Crippen molar-refractivity contribution >= 4 is 5.96 Å². The molecule has 0 amide bonds. The molecule has 4 heteroatoms. The molecule has 1 aromatic heterocycles. The highest BCUT2D eigenvalue weighted by molar-refractivity contribution is 5.78. The Morgan fingerprint density at radius 1 is 1.73 bits per heavy atom. The van der Waals surface area contributed by atoms with Gasteiger partial charge in [-0.15, -0.1) is 0 Å². The van der Waals surface area contributed by atoms with Crippen molar-refractivity contribution in [3.8, 4) is 0 Å². The molecule has 3 N–H and O–H groups in total. The highest BCUT2D eigenvalue weighted by atomic mass is 16.3. The highest BCUT2D eigenvalue weighted by Crippen LogP contribution is 2.22. The predicted molar refractivity (Wildman–Crippen MR) is 59.7 cm³/mol. The fraction of sp³-hybridized carbons (Fsp3) is 0.545. The van der Waals surface area contributed by atoms with Crippen molar-refractivity contribution in [2.75, 3.05) is 0 Å². The number of aliphatic imine (C=N–C) groups is 1. The standard InChI is InChI=1S/C11H17N3O/c1-8(7-10-3-2-6-15-10)13-11(12)14-9-4-5-9/h2-3,6,8-9H,4-5,7H2,1H3,(H3,12,13,14). The Morgan fingerprint density at radius 2 is 2.53 bits per heavy atom. The van der Waals surface area contributed by atoms with E-state index < -0.39 is 0 Å². The molecule has 0 radical (unpaired) electrons. The maximum absolute atomic E-state index is 5.75. The van der Waals surface area contributed by atoms with Crippen LogP contribution in [0.2, 0.25) is 0 Å². The molecule has 1 unspecified atom stereocenters. The minimum absolute atomic E-state index is 0.249. The quantitative estimate of drug-likeness (QED) is 0.577. The van der Waals surface area contributed by atoms with Gasteiger partial charge in [-0.3, -0.25) is 4.99 Å². The number of hydrogen-bond acceptors (Lipinski definition) is 2. The number of furan rings is 1. The summed E-state index contributed by atoms with van der Waals surface area (Å²) in [5.41, 5.74) is 5.75. The van der Waals surface area contributed by atoms with Crippen molar-refractivity contribution < 1.29 is 4.42 Å². The summed E-state index contributed by atoms with van der Waals surface area (Å²) in [6.45, 7) is 2.07. The lowest BCUT2D eigenvalue weighted by molar-refractivity contribution is 0.481. The zero-order chi connectivity index (χ0) is 10.7. The van der Waals surface area contributed by atoms with E-state index >= 15 is 0 Å².